The number of pyridine rings is 1. The summed E-state index contributed by atoms with van der Waals surface area (Å²) in [6.45, 7) is 3.30. The van der Waals surface area contributed by atoms with Crippen LogP contribution in [-0.2, 0) is 46.1 Å². The second kappa shape index (κ2) is 9.96. The lowest BCUT2D eigenvalue weighted by Crippen LogP contribution is -2.41. The SMILES string of the molecule is CN1CCn2nc(Nc3cc(-c4ccnc(N5CCn6c(cc7c6CCCC7)C5=O)c4CO)nn(C)c3=O)cc2C1. The zero-order valence-corrected chi connectivity index (χ0v) is 23.3. The van der Waals surface area contributed by atoms with Crippen LogP contribution in [0.25, 0.3) is 11.3 Å². The highest BCUT2D eigenvalue weighted by atomic mass is 16.3. The number of amides is 1. The van der Waals surface area contributed by atoms with Crippen LogP contribution in [0.5, 0.6) is 0 Å². The Hall–Kier alpha value is -4.29. The highest BCUT2D eigenvalue weighted by Gasteiger charge is 2.32. The molecule has 12 heteroatoms. The molecule has 0 atom stereocenters. The Kier molecular flexibility index (Phi) is 6.24. The summed E-state index contributed by atoms with van der Waals surface area (Å²) in [5.41, 5.74) is 5.90. The summed E-state index contributed by atoms with van der Waals surface area (Å²) in [7, 11) is 3.66. The van der Waals surface area contributed by atoms with Crippen LogP contribution in [0.2, 0.25) is 0 Å². The Labute approximate surface area is 236 Å². The maximum atomic E-state index is 13.7. The van der Waals surface area contributed by atoms with Gasteiger partial charge in [-0.05, 0) is 56.5 Å². The number of carbonyl (C=O) groups is 1. The van der Waals surface area contributed by atoms with Crippen LogP contribution < -0.4 is 15.8 Å². The number of aliphatic hydroxyl groups excluding tert-OH is 1. The average molecular weight is 556 g/mol. The van der Waals surface area contributed by atoms with E-state index in [9.17, 15) is 14.7 Å². The van der Waals surface area contributed by atoms with Gasteiger partial charge in [0, 0.05) is 62.3 Å². The fourth-order valence-electron chi connectivity index (χ4n) is 6.38. The number of aromatic nitrogens is 6. The first-order valence-electron chi connectivity index (χ1n) is 14.1. The summed E-state index contributed by atoms with van der Waals surface area (Å²) in [6.07, 6.45) is 5.93. The van der Waals surface area contributed by atoms with Crippen molar-refractivity contribution in [2.75, 3.05) is 30.4 Å². The molecular formula is C29H33N9O3. The molecule has 2 N–H and O–H groups in total. The molecule has 12 nitrogen and oxygen atoms in total. The molecule has 4 aromatic heterocycles. The average Bonchev–Trinajstić information content (AvgIpc) is 3.56. The van der Waals surface area contributed by atoms with Gasteiger partial charge in [0.25, 0.3) is 11.5 Å². The predicted octanol–water partition coefficient (Wildman–Crippen LogP) is 2.06. The van der Waals surface area contributed by atoms with E-state index in [4.69, 9.17) is 0 Å². The summed E-state index contributed by atoms with van der Waals surface area (Å²) in [6, 6.07) is 7.41. The molecule has 1 amide bonds. The third kappa shape index (κ3) is 4.34. The molecule has 3 aliphatic rings. The predicted molar refractivity (Wildman–Crippen MR) is 153 cm³/mol. The monoisotopic (exact) mass is 555 g/mol. The van der Waals surface area contributed by atoms with Crippen LogP contribution in [0.3, 0.4) is 0 Å². The fourth-order valence-corrected chi connectivity index (χ4v) is 6.38. The number of fused-ring (bicyclic) bond motifs is 4. The number of anilines is 3. The Morgan fingerprint density at radius 2 is 1.85 bits per heavy atom. The van der Waals surface area contributed by atoms with Gasteiger partial charge in [0.15, 0.2) is 5.82 Å². The first-order chi connectivity index (χ1) is 19.9. The fraction of sp³-hybridized carbons (Fsp3) is 0.414. The van der Waals surface area contributed by atoms with Crippen molar-refractivity contribution in [3.63, 3.8) is 0 Å². The van der Waals surface area contributed by atoms with Gasteiger partial charge in [-0.15, -0.1) is 0 Å². The van der Waals surface area contributed by atoms with Crippen LogP contribution in [0, 0.1) is 0 Å². The van der Waals surface area contributed by atoms with Crippen molar-refractivity contribution in [3.05, 3.63) is 69.0 Å². The lowest BCUT2D eigenvalue weighted by atomic mass is 9.98. The largest absolute Gasteiger partial charge is 0.392 e. The molecule has 7 rings (SSSR count). The molecule has 0 radical (unpaired) electrons. The summed E-state index contributed by atoms with van der Waals surface area (Å²) in [5, 5.41) is 22.8. The summed E-state index contributed by atoms with van der Waals surface area (Å²) in [5.74, 6) is 0.888. The van der Waals surface area contributed by atoms with E-state index >= 15 is 0 Å². The van der Waals surface area contributed by atoms with E-state index < -0.39 is 0 Å². The number of hydrogen-bond acceptors (Lipinski definition) is 8. The number of nitrogens with one attached hydrogen (secondary N) is 1. The molecular weight excluding hydrogens is 522 g/mol. The number of rotatable bonds is 5. The minimum atomic E-state index is -0.339. The normalized spacial score (nSPS) is 16.9. The van der Waals surface area contributed by atoms with E-state index in [1.807, 2.05) is 16.8 Å². The van der Waals surface area contributed by atoms with Gasteiger partial charge in [-0.3, -0.25) is 24.1 Å². The summed E-state index contributed by atoms with van der Waals surface area (Å²) < 4.78 is 5.39. The number of nitrogens with zero attached hydrogens (tertiary/aromatic N) is 8. The van der Waals surface area contributed by atoms with Crippen molar-refractivity contribution in [2.24, 2.45) is 7.05 Å². The molecule has 41 heavy (non-hydrogen) atoms. The van der Waals surface area contributed by atoms with Crippen molar-refractivity contribution >= 4 is 23.2 Å². The highest BCUT2D eigenvalue weighted by molar-refractivity contribution is 6.06. The van der Waals surface area contributed by atoms with E-state index in [1.54, 1.807) is 30.3 Å². The zero-order chi connectivity index (χ0) is 28.2. The number of carbonyl (C=O) groups excluding carboxylic acids is 1. The van der Waals surface area contributed by atoms with Crippen LogP contribution in [0.4, 0.5) is 17.3 Å². The van der Waals surface area contributed by atoms with Crippen molar-refractivity contribution in [1.82, 2.24) is 34.0 Å². The van der Waals surface area contributed by atoms with Gasteiger partial charge in [-0.1, -0.05) is 0 Å². The molecule has 6 heterocycles. The maximum Gasteiger partial charge on any atom is 0.290 e. The quantitative estimate of drug-likeness (QED) is 0.383. The van der Waals surface area contributed by atoms with Crippen molar-refractivity contribution in [2.45, 2.75) is 51.9 Å². The standard InChI is InChI=1S/C29H33N9O3/c1-34-9-12-38-19(16-34)14-26(33-38)31-23-15-22(32-35(2)28(23)40)20-7-8-30-27(21(20)17-39)37-11-10-36-24-6-4-3-5-18(24)13-25(36)29(37)41/h7-8,13-15,39H,3-6,9-12,16-17H2,1-2H3,(H,31,33). The molecule has 212 valence electrons. The van der Waals surface area contributed by atoms with Gasteiger partial charge < -0.3 is 15.0 Å². The molecule has 0 aromatic carbocycles. The maximum absolute atomic E-state index is 13.7. The van der Waals surface area contributed by atoms with E-state index in [2.05, 4.69) is 37.0 Å². The Bertz CT molecular complexity index is 1730. The van der Waals surface area contributed by atoms with Crippen LogP contribution in [0.15, 0.2) is 35.3 Å². The molecule has 0 saturated heterocycles. The van der Waals surface area contributed by atoms with Crippen LogP contribution in [0.1, 0.15) is 45.8 Å². The number of aliphatic hydroxyl groups is 1. The smallest absolute Gasteiger partial charge is 0.290 e. The first kappa shape index (κ1) is 25.7. The molecule has 0 unspecified atom stereocenters. The third-order valence-electron chi connectivity index (χ3n) is 8.46. The van der Waals surface area contributed by atoms with Gasteiger partial charge in [-0.25, -0.2) is 9.67 Å². The van der Waals surface area contributed by atoms with Crippen molar-refractivity contribution in [3.8, 4) is 11.3 Å². The topological polar surface area (TPSA) is 126 Å². The first-order valence-corrected chi connectivity index (χ1v) is 14.1. The Morgan fingerprint density at radius 3 is 2.71 bits per heavy atom. The lowest BCUT2D eigenvalue weighted by Gasteiger charge is -2.30. The number of aryl methyl sites for hydroxylation is 2. The third-order valence-corrected chi connectivity index (χ3v) is 8.46. The number of hydrogen-bond donors (Lipinski definition) is 2. The Morgan fingerprint density at radius 1 is 1.00 bits per heavy atom. The Balaban J connectivity index is 1.24. The molecule has 0 fully saturated rings. The van der Waals surface area contributed by atoms with Gasteiger partial charge in [-0.2, -0.15) is 10.2 Å². The van der Waals surface area contributed by atoms with Crippen LogP contribution in [-0.4, -0.2) is 65.2 Å². The minimum absolute atomic E-state index is 0.116. The van der Waals surface area contributed by atoms with Gasteiger partial charge in [0.1, 0.15) is 17.2 Å². The molecule has 1 aliphatic carbocycles. The second-order valence-corrected chi connectivity index (χ2v) is 11.1. The summed E-state index contributed by atoms with van der Waals surface area (Å²) in [4.78, 5) is 35.2. The van der Waals surface area contributed by atoms with E-state index in [1.165, 1.54) is 15.9 Å². The molecule has 0 spiro atoms. The number of likely N-dealkylation sites (N-methyl/N-ethyl adjacent to an activating group) is 1. The van der Waals surface area contributed by atoms with Gasteiger partial charge in [0.05, 0.1) is 24.5 Å². The lowest BCUT2D eigenvalue weighted by molar-refractivity contribution is 0.0963. The van der Waals surface area contributed by atoms with Gasteiger partial charge in [0.2, 0.25) is 0 Å². The van der Waals surface area contributed by atoms with Gasteiger partial charge >= 0.3 is 0 Å². The highest BCUT2D eigenvalue weighted by Crippen LogP contribution is 2.34. The molecule has 2 aliphatic heterocycles. The van der Waals surface area contributed by atoms with Crippen LogP contribution >= 0.6 is 0 Å². The van der Waals surface area contributed by atoms with E-state index in [-0.39, 0.29) is 18.1 Å². The molecule has 4 aromatic rings. The van der Waals surface area contributed by atoms with Crippen molar-refractivity contribution < 1.29 is 9.90 Å². The second-order valence-electron chi connectivity index (χ2n) is 11.1. The zero-order valence-electron chi connectivity index (χ0n) is 23.3. The molecule has 0 bridgehead atoms. The molecule has 0 saturated carbocycles. The van der Waals surface area contributed by atoms with Crippen molar-refractivity contribution in [1.29, 1.82) is 0 Å². The minimum Gasteiger partial charge on any atom is -0.392 e. The van der Waals surface area contributed by atoms with E-state index in [0.29, 0.717) is 52.9 Å². The van der Waals surface area contributed by atoms with E-state index in [0.717, 1.165) is 51.0 Å². The summed E-state index contributed by atoms with van der Waals surface area (Å²) >= 11 is 0.